The van der Waals surface area contributed by atoms with Gasteiger partial charge in [-0.2, -0.15) is 10.3 Å². The standard InChI is InChI=1S/C5H5ClN6S/c6-4-10-1-3(13-4)11-5(8)12(9)2-7/h1H,9H2,(H2,8,11). The number of nitrogens with two attached hydrogens (primary N) is 2. The molecule has 8 heteroatoms. The average molecular weight is 217 g/mol. The fourth-order valence-electron chi connectivity index (χ4n) is 0.515. The maximum Gasteiger partial charge on any atom is 0.226 e. The molecule has 0 aliphatic rings. The molecule has 0 radical (unpaired) electrons. The molecule has 0 atom stereocenters. The number of hydrogen-bond donors (Lipinski definition) is 2. The molecule has 0 aliphatic heterocycles. The zero-order chi connectivity index (χ0) is 9.84. The van der Waals surface area contributed by atoms with Gasteiger partial charge < -0.3 is 5.73 Å². The van der Waals surface area contributed by atoms with E-state index in [0.717, 1.165) is 11.3 Å². The molecule has 4 N–H and O–H groups in total. The summed E-state index contributed by atoms with van der Waals surface area (Å²) >= 11 is 6.68. The van der Waals surface area contributed by atoms with E-state index < -0.39 is 0 Å². The van der Waals surface area contributed by atoms with Gasteiger partial charge >= 0.3 is 0 Å². The molecule has 0 aliphatic carbocycles. The van der Waals surface area contributed by atoms with Crippen molar-refractivity contribution >= 4 is 33.9 Å². The van der Waals surface area contributed by atoms with Gasteiger partial charge in [0.1, 0.15) is 5.00 Å². The third-order valence-electron chi connectivity index (χ3n) is 1.04. The van der Waals surface area contributed by atoms with Crippen LogP contribution in [-0.4, -0.2) is 16.0 Å². The molecule has 6 nitrogen and oxygen atoms in total. The van der Waals surface area contributed by atoms with E-state index in [2.05, 4.69) is 9.98 Å². The van der Waals surface area contributed by atoms with Crippen LogP contribution in [0.2, 0.25) is 4.47 Å². The van der Waals surface area contributed by atoms with Crippen LogP contribution in [0.4, 0.5) is 5.00 Å². The number of aliphatic imine (C=N–C) groups is 1. The number of aromatic nitrogens is 1. The van der Waals surface area contributed by atoms with Gasteiger partial charge in [0, 0.05) is 0 Å². The Morgan fingerprint density at radius 2 is 2.54 bits per heavy atom. The molecule has 0 spiro atoms. The minimum atomic E-state index is -0.109. The first-order chi connectivity index (χ1) is 6.13. The van der Waals surface area contributed by atoms with Crippen LogP contribution in [-0.2, 0) is 0 Å². The molecule has 1 heterocycles. The van der Waals surface area contributed by atoms with Gasteiger partial charge in [0.05, 0.1) is 6.20 Å². The number of guanidine groups is 1. The highest BCUT2D eigenvalue weighted by molar-refractivity contribution is 7.19. The molecule has 0 aromatic carbocycles. The lowest BCUT2D eigenvalue weighted by Crippen LogP contribution is -2.38. The lowest BCUT2D eigenvalue weighted by Gasteiger charge is -2.04. The number of hydrogen-bond acceptors (Lipinski definition) is 5. The van der Waals surface area contributed by atoms with E-state index in [1.165, 1.54) is 6.20 Å². The molecule has 13 heavy (non-hydrogen) atoms. The highest BCUT2D eigenvalue weighted by Crippen LogP contribution is 2.25. The van der Waals surface area contributed by atoms with Gasteiger partial charge in [-0.15, -0.1) is 0 Å². The Morgan fingerprint density at radius 1 is 1.85 bits per heavy atom. The summed E-state index contributed by atoms with van der Waals surface area (Å²) in [5, 5.41) is 9.48. The first kappa shape index (κ1) is 9.73. The lowest BCUT2D eigenvalue weighted by atomic mass is 10.8. The molecule has 0 saturated heterocycles. The van der Waals surface area contributed by atoms with Gasteiger partial charge in [0.25, 0.3) is 0 Å². The fraction of sp³-hybridized carbons (Fsp3) is 0. The Morgan fingerprint density at radius 3 is 3.00 bits per heavy atom. The SMILES string of the molecule is N#CN(N)/C(N)=N\c1cnc(Cl)s1. The van der Waals surface area contributed by atoms with Crippen LogP contribution in [0.1, 0.15) is 0 Å². The Balaban J connectivity index is 2.83. The van der Waals surface area contributed by atoms with Crippen LogP contribution in [0, 0.1) is 11.5 Å². The summed E-state index contributed by atoms with van der Waals surface area (Å²) in [7, 11) is 0. The third kappa shape index (κ3) is 2.55. The van der Waals surface area contributed by atoms with Crippen molar-refractivity contribution in [2.45, 2.75) is 0 Å². The van der Waals surface area contributed by atoms with Crippen molar-refractivity contribution in [2.24, 2.45) is 16.6 Å². The third-order valence-corrected chi connectivity index (χ3v) is 2.05. The fourth-order valence-corrected chi connectivity index (χ4v) is 1.32. The van der Waals surface area contributed by atoms with E-state index in [9.17, 15) is 0 Å². The predicted octanol–water partition coefficient (Wildman–Crippen LogP) is 0.399. The van der Waals surface area contributed by atoms with Crippen molar-refractivity contribution in [1.82, 2.24) is 9.99 Å². The van der Waals surface area contributed by atoms with E-state index in [0.29, 0.717) is 14.5 Å². The van der Waals surface area contributed by atoms with Gasteiger partial charge in [-0.3, -0.25) is 0 Å². The summed E-state index contributed by atoms with van der Waals surface area (Å²) < 4.78 is 0.354. The summed E-state index contributed by atoms with van der Waals surface area (Å²) in [4.78, 5) is 7.53. The Labute approximate surface area is 83.0 Å². The van der Waals surface area contributed by atoms with Gasteiger partial charge in [0.15, 0.2) is 4.47 Å². The largest absolute Gasteiger partial charge is 0.368 e. The molecule has 1 aromatic heterocycles. The Hall–Kier alpha value is -1.36. The minimum absolute atomic E-state index is 0.109. The molecular weight excluding hydrogens is 212 g/mol. The highest BCUT2D eigenvalue weighted by atomic mass is 35.5. The molecule has 0 saturated carbocycles. The molecule has 68 valence electrons. The lowest BCUT2D eigenvalue weighted by molar-refractivity contribution is 0.610. The van der Waals surface area contributed by atoms with E-state index in [-0.39, 0.29) is 5.96 Å². The molecule has 0 amide bonds. The molecule has 1 rings (SSSR count). The van der Waals surface area contributed by atoms with Crippen LogP contribution >= 0.6 is 22.9 Å². The van der Waals surface area contributed by atoms with E-state index in [4.69, 9.17) is 28.4 Å². The number of nitrogens with zero attached hydrogens (tertiary/aromatic N) is 4. The van der Waals surface area contributed by atoms with Gasteiger partial charge in [-0.1, -0.05) is 22.9 Å². The zero-order valence-electron chi connectivity index (χ0n) is 6.31. The number of nitriles is 1. The van der Waals surface area contributed by atoms with Crippen LogP contribution < -0.4 is 11.6 Å². The van der Waals surface area contributed by atoms with Crippen LogP contribution in [0.25, 0.3) is 0 Å². The number of halogens is 1. The maximum atomic E-state index is 8.34. The first-order valence-corrected chi connectivity index (χ1v) is 4.23. The van der Waals surface area contributed by atoms with E-state index >= 15 is 0 Å². The molecule has 1 aromatic rings. The van der Waals surface area contributed by atoms with Crippen molar-refractivity contribution in [2.75, 3.05) is 0 Å². The number of rotatable bonds is 1. The van der Waals surface area contributed by atoms with Crippen molar-refractivity contribution < 1.29 is 0 Å². The van der Waals surface area contributed by atoms with Crippen molar-refractivity contribution in [1.29, 1.82) is 5.26 Å². The average Bonchev–Trinajstić information content (AvgIpc) is 2.49. The van der Waals surface area contributed by atoms with Gasteiger partial charge in [0.2, 0.25) is 12.2 Å². The van der Waals surface area contributed by atoms with Crippen molar-refractivity contribution in [3.05, 3.63) is 10.7 Å². The molecule has 0 fully saturated rings. The van der Waals surface area contributed by atoms with Gasteiger partial charge in [-0.05, 0) is 0 Å². The zero-order valence-corrected chi connectivity index (χ0v) is 7.88. The second-order valence-corrected chi connectivity index (χ2v) is 3.48. The highest BCUT2D eigenvalue weighted by Gasteiger charge is 2.02. The second-order valence-electron chi connectivity index (χ2n) is 1.89. The summed E-state index contributed by atoms with van der Waals surface area (Å²) in [6.45, 7) is 0. The summed E-state index contributed by atoms with van der Waals surface area (Å²) in [5.74, 6) is 5.03. The Bertz CT molecular complexity index is 365. The van der Waals surface area contributed by atoms with Crippen LogP contribution in [0.3, 0.4) is 0 Å². The van der Waals surface area contributed by atoms with Crippen molar-refractivity contribution in [3.8, 4) is 6.19 Å². The quantitative estimate of drug-likeness (QED) is 0.177. The van der Waals surface area contributed by atoms with Crippen molar-refractivity contribution in [3.63, 3.8) is 0 Å². The molecule has 0 unspecified atom stereocenters. The van der Waals surface area contributed by atoms with E-state index in [1.807, 2.05) is 0 Å². The molecular formula is C5H5ClN6S. The summed E-state index contributed by atoms with van der Waals surface area (Å²) in [5.41, 5.74) is 5.33. The molecule has 0 bridgehead atoms. The normalized spacial score (nSPS) is 11.0. The second kappa shape index (κ2) is 4.04. The number of thiazole rings is 1. The summed E-state index contributed by atoms with van der Waals surface area (Å²) in [6.07, 6.45) is 3.03. The Kier molecular flexibility index (Phi) is 3.02. The van der Waals surface area contributed by atoms with Crippen LogP contribution in [0.5, 0.6) is 0 Å². The maximum absolute atomic E-state index is 8.34. The first-order valence-electron chi connectivity index (χ1n) is 3.03. The summed E-state index contributed by atoms with van der Waals surface area (Å²) in [6, 6.07) is 0. The predicted molar refractivity (Wildman–Crippen MR) is 50.0 cm³/mol. The van der Waals surface area contributed by atoms with Gasteiger partial charge in [-0.25, -0.2) is 15.8 Å². The number of hydrazine groups is 1. The monoisotopic (exact) mass is 216 g/mol. The topological polar surface area (TPSA) is 104 Å². The minimum Gasteiger partial charge on any atom is -0.368 e. The smallest absolute Gasteiger partial charge is 0.226 e. The van der Waals surface area contributed by atoms with Crippen LogP contribution in [0.15, 0.2) is 11.2 Å². The van der Waals surface area contributed by atoms with E-state index in [1.54, 1.807) is 6.19 Å².